The lowest BCUT2D eigenvalue weighted by atomic mass is 10.0. The zero-order chi connectivity index (χ0) is 20.8. The molecule has 0 radical (unpaired) electrons. The van der Waals surface area contributed by atoms with E-state index in [4.69, 9.17) is 10.5 Å². The molecule has 1 atom stereocenters. The Bertz CT molecular complexity index is 1030. The van der Waals surface area contributed by atoms with E-state index in [0.717, 1.165) is 4.68 Å². The van der Waals surface area contributed by atoms with Crippen molar-refractivity contribution >= 4 is 17.5 Å². The number of methoxy groups -OCH3 is 1. The summed E-state index contributed by atoms with van der Waals surface area (Å²) in [7, 11) is 1.47. The lowest BCUT2D eigenvalue weighted by Gasteiger charge is -2.29. The molecule has 13 heteroatoms. The fourth-order valence-corrected chi connectivity index (χ4v) is 3.00. The fraction of sp³-hybridized carbons (Fsp3) is 0.312. The zero-order valence-corrected chi connectivity index (χ0v) is 15.1. The molecule has 0 saturated heterocycles. The molecule has 0 amide bonds. The molecular formula is C16H16F3N8O2+. The molecule has 1 aromatic heterocycles. The van der Waals surface area contributed by atoms with Crippen molar-refractivity contribution in [1.82, 2.24) is 15.1 Å². The molecule has 0 aliphatic carbocycles. The Morgan fingerprint density at radius 3 is 2.66 bits per heavy atom. The van der Waals surface area contributed by atoms with E-state index in [1.807, 2.05) is 0 Å². The lowest BCUT2D eigenvalue weighted by molar-refractivity contribution is -0.637. The molecule has 0 unspecified atom stereocenters. The summed E-state index contributed by atoms with van der Waals surface area (Å²) in [5.74, 6) is 0.433. The number of aliphatic hydroxyl groups is 1. The highest BCUT2D eigenvalue weighted by molar-refractivity contribution is 6.03. The first-order valence-corrected chi connectivity index (χ1v) is 8.39. The van der Waals surface area contributed by atoms with Crippen LogP contribution in [0, 0.1) is 0 Å². The van der Waals surface area contributed by atoms with Crippen molar-refractivity contribution in [3.05, 3.63) is 42.0 Å². The fourth-order valence-electron chi connectivity index (χ4n) is 3.00. The molecule has 2 aliphatic heterocycles. The topological polar surface area (TPSA) is 128 Å². The Morgan fingerprint density at radius 1 is 1.28 bits per heavy atom. The number of hydrogen-bond acceptors (Lipinski definition) is 8. The van der Waals surface area contributed by atoms with Crippen LogP contribution in [0.4, 0.5) is 13.2 Å². The number of H-pyrrole nitrogens is 1. The minimum absolute atomic E-state index is 0.0121. The van der Waals surface area contributed by atoms with Crippen LogP contribution in [0.5, 0.6) is 5.75 Å². The Hall–Kier alpha value is -3.48. The number of halogens is 3. The van der Waals surface area contributed by atoms with Gasteiger partial charge in [-0.2, -0.15) is 13.2 Å². The Kier molecular flexibility index (Phi) is 4.26. The van der Waals surface area contributed by atoms with Gasteiger partial charge in [0.2, 0.25) is 5.82 Å². The molecule has 4 N–H and O–H groups in total. The van der Waals surface area contributed by atoms with Gasteiger partial charge >= 0.3 is 17.9 Å². The van der Waals surface area contributed by atoms with Crippen molar-refractivity contribution in [2.45, 2.75) is 24.7 Å². The second kappa shape index (κ2) is 6.55. The molecule has 152 valence electrons. The minimum Gasteiger partial charge on any atom is -0.497 e. The highest BCUT2D eigenvalue weighted by atomic mass is 19.4. The van der Waals surface area contributed by atoms with E-state index in [1.54, 1.807) is 24.3 Å². The predicted octanol–water partition coefficient (Wildman–Crippen LogP) is 0.0991. The van der Waals surface area contributed by atoms with Crippen molar-refractivity contribution in [1.29, 1.82) is 0 Å². The number of rotatable bonds is 2. The normalized spacial score (nSPS) is 21.8. The second-order valence-electron chi connectivity index (χ2n) is 6.39. The van der Waals surface area contributed by atoms with Crippen molar-refractivity contribution in [2.24, 2.45) is 21.0 Å². The van der Waals surface area contributed by atoms with Crippen molar-refractivity contribution < 1.29 is 27.7 Å². The van der Waals surface area contributed by atoms with Crippen LogP contribution in [-0.2, 0) is 6.42 Å². The van der Waals surface area contributed by atoms with Crippen LogP contribution in [0.15, 0.2) is 45.9 Å². The zero-order valence-electron chi connectivity index (χ0n) is 15.1. The van der Waals surface area contributed by atoms with E-state index in [0.29, 0.717) is 16.3 Å². The maximum absolute atomic E-state index is 13.9. The number of benzene rings is 1. The van der Waals surface area contributed by atoms with Gasteiger partial charge in [0, 0.05) is 5.10 Å². The number of hydrazone groups is 1. The highest BCUT2D eigenvalue weighted by Gasteiger charge is 2.66. The van der Waals surface area contributed by atoms with Gasteiger partial charge in [0.25, 0.3) is 0 Å². The average molecular weight is 409 g/mol. The Morgan fingerprint density at radius 2 is 2.00 bits per heavy atom. The van der Waals surface area contributed by atoms with Crippen LogP contribution < -0.4 is 15.2 Å². The van der Waals surface area contributed by atoms with Crippen LogP contribution in [-0.4, -0.2) is 56.7 Å². The Labute approximate surface area is 161 Å². The Balaban J connectivity index is 1.83. The lowest BCUT2D eigenvalue weighted by Crippen LogP contribution is -2.65. The van der Waals surface area contributed by atoms with E-state index in [-0.39, 0.29) is 23.8 Å². The van der Waals surface area contributed by atoms with Gasteiger partial charge in [-0.05, 0) is 29.8 Å². The SMILES string of the molecule is COc1ccc(C2=NN(C3=NN=C(N)Cc4nc[nH][n+]43)[C@](O)(C(F)(F)F)C2)cc1. The molecule has 29 heavy (non-hydrogen) atoms. The van der Waals surface area contributed by atoms with Crippen molar-refractivity contribution in [2.75, 3.05) is 7.11 Å². The number of nitrogens with zero attached hydrogens (tertiary/aromatic N) is 6. The third kappa shape index (κ3) is 3.08. The highest BCUT2D eigenvalue weighted by Crippen LogP contribution is 2.41. The first-order chi connectivity index (χ1) is 13.7. The number of nitrogens with two attached hydrogens (primary N) is 1. The van der Waals surface area contributed by atoms with E-state index in [2.05, 4.69) is 25.4 Å². The van der Waals surface area contributed by atoms with Gasteiger partial charge in [-0.3, -0.25) is 0 Å². The summed E-state index contributed by atoms with van der Waals surface area (Å²) >= 11 is 0. The number of aromatic nitrogens is 3. The maximum atomic E-state index is 13.9. The first-order valence-electron chi connectivity index (χ1n) is 8.39. The summed E-state index contributed by atoms with van der Waals surface area (Å²) in [6.45, 7) is 0. The summed E-state index contributed by atoms with van der Waals surface area (Å²) in [5.41, 5.74) is 2.76. The average Bonchev–Trinajstić information content (AvgIpc) is 3.24. The summed E-state index contributed by atoms with van der Waals surface area (Å²) in [6, 6.07) is 6.28. The molecular weight excluding hydrogens is 393 g/mol. The van der Waals surface area contributed by atoms with Gasteiger partial charge in [-0.15, -0.1) is 19.8 Å². The van der Waals surface area contributed by atoms with Gasteiger partial charge in [-0.1, -0.05) is 5.10 Å². The molecule has 0 bridgehead atoms. The third-order valence-corrected chi connectivity index (χ3v) is 4.52. The minimum atomic E-state index is -5.05. The summed E-state index contributed by atoms with van der Waals surface area (Å²) < 4.78 is 47.9. The third-order valence-electron chi connectivity index (χ3n) is 4.52. The molecule has 10 nitrogen and oxygen atoms in total. The quantitative estimate of drug-likeness (QED) is 0.606. The van der Waals surface area contributed by atoms with Crippen LogP contribution in [0.1, 0.15) is 17.8 Å². The predicted molar refractivity (Wildman–Crippen MR) is 93.9 cm³/mol. The second-order valence-corrected chi connectivity index (χ2v) is 6.39. The number of alkyl halides is 3. The molecule has 1 aromatic carbocycles. The standard InChI is InChI=1S/C16H15F3N8O2/c1-29-10-4-2-9(3-5-10)11-7-15(28,16(17,18)19)27(25-11)14-24-23-12(20)6-13-21-8-22-26(13)14/h2-5,8,28H,6-7H2,1H3,(H2,20,23)/p+1/t15-/m1/s1. The molecule has 0 fully saturated rings. The van der Waals surface area contributed by atoms with Gasteiger partial charge < -0.3 is 15.6 Å². The van der Waals surface area contributed by atoms with Gasteiger partial charge in [0.05, 0.1) is 25.7 Å². The van der Waals surface area contributed by atoms with E-state index in [1.165, 1.54) is 13.4 Å². The number of aromatic amines is 1. The maximum Gasteiger partial charge on any atom is 0.450 e. The van der Waals surface area contributed by atoms with Crippen LogP contribution in [0.2, 0.25) is 0 Å². The first kappa shape index (κ1) is 18.9. The van der Waals surface area contributed by atoms with Crippen LogP contribution >= 0.6 is 0 Å². The largest absolute Gasteiger partial charge is 0.497 e. The van der Waals surface area contributed by atoms with Crippen LogP contribution in [0.3, 0.4) is 0 Å². The van der Waals surface area contributed by atoms with Crippen molar-refractivity contribution in [3.63, 3.8) is 0 Å². The molecule has 2 aromatic rings. The van der Waals surface area contributed by atoms with Gasteiger partial charge in [0.15, 0.2) is 6.33 Å². The van der Waals surface area contributed by atoms with E-state index < -0.39 is 24.3 Å². The number of fused-ring (bicyclic) bond motifs is 1. The molecule has 3 heterocycles. The molecule has 2 aliphatic rings. The van der Waals surface area contributed by atoms with Gasteiger partial charge in [-0.25, -0.2) is 5.10 Å². The number of hydrogen-bond donors (Lipinski definition) is 3. The summed E-state index contributed by atoms with van der Waals surface area (Å²) in [6.07, 6.45) is -4.54. The van der Waals surface area contributed by atoms with E-state index in [9.17, 15) is 18.3 Å². The van der Waals surface area contributed by atoms with Crippen LogP contribution in [0.25, 0.3) is 0 Å². The monoisotopic (exact) mass is 409 g/mol. The molecule has 4 rings (SSSR count). The van der Waals surface area contributed by atoms with Gasteiger partial charge in [0.1, 0.15) is 11.6 Å². The van der Waals surface area contributed by atoms with Crippen molar-refractivity contribution in [3.8, 4) is 5.75 Å². The number of ether oxygens (including phenoxy) is 1. The number of nitrogens with one attached hydrogen (secondary N) is 1. The summed E-state index contributed by atoms with van der Waals surface area (Å²) in [4.78, 5) is 4.01. The van der Waals surface area contributed by atoms with E-state index >= 15 is 0 Å². The molecule has 0 spiro atoms. The summed E-state index contributed by atoms with van der Waals surface area (Å²) in [5, 5.41) is 25.2. The smallest absolute Gasteiger partial charge is 0.450 e. The molecule has 0 saturated carbocycles. The number of amidine groups is 1.